The highest BCUT2D eigenvalue weighted by Crippen LogP contribution is 2.32. The molecule has 0 unspecified atom stereocenters. The molecule has 0 saturated heterocycles. The molecule has 0 aliphatic heterocycles. The predicted octanol–water partition coefficient (Wildman–Crippen LogP) is 5.96. The molecule has 1 amide bonds. The SMILES string of the molecule is CCOc1ccc2nc(N(CCCN(C)C)C(=O)c3ccc(-c4ccccc4)cc3)sc2c1. The average Bonchev–Trinajstić information content (AvgIpc) is 3.25. The molecule has 0 aliphatic carbocycles. The number of carbonyl (C=O) groups is 1. The second kappa shape index (κ2) is 10.6. The fourth-order valence-corrected chi connectivity index (χ4v) is 4.70. The van der Waals surface area contributed by atoms with Crippen LogP contribution in [0.2, 0.25) is 0 Å². The first-order chi connectivity index (χ1) is 16.0. The average molecular weight is 460 g/mol. The fourth-order valence-electron chi connectivity index (χ4n) is 3.69. The van der Waals surface area contributed by atoms with Gasteiger partial charge in [-0.15, -0.1) is 0 Å². The van der Waals surface area contributed by atoms with Crippen LogP contribution in [0.1, 0.15) is 23.7 Å². The molecule has 0 bridgehead atoms. The molecule has 6 heteroatoms. The molecule has 1 aromatic heterocycles. The summed E-state index contributed by atoms with van der Waals surface area (Å²) in [7, 11) is 4.09. The molecule has 0 N–H and O–H groups in total. The maximum Gasteiger partial charge on any atom is 0.260 e. The van der Waals surface area contributed by atoms with Crippen LogP contribution >= 0.6 is 11.3 Å². The summed E-state index contributed by atoms with van der Waals surface area (Å²) in [5, 5.41) is 0.717. The first-order valence-electron chi connectivity index (χ1n) is 11.2. The minimum Gasteiger partial charge on any atom is -0.494 e. The molecule has 0 fully saturated rings. The van der Waals surface area contributed by atoms with E-state index in [0.29, 0.717) is 18.7 Å². The van der Waals surface area contributed by atoms with Gasteiger partial charge in [-0.25, -0.2) is 4.98 Å². The summed E-state index contributed by atoms with van der Waals surface area (Å²) in [5.41, 5.74) is 3.77. The maximum absolute atomic E-state index is 13.6. The molecule has 4 aromatic rings. The van der Waals surface area contributed by atoms with Gasteiger partial charge in [0.05, 0.1) is 16.8 Å². The number of amides is 1. The predicted molar refractivity (Wildman–Crippen MR) is 138 cm³/mol. The van der Waals surface area contributed by atoms with Gasteiger partial charge in [-0.1, -0.05) is 53.8 Å². The first-order valence-corrected chi connectivity index (χ1v) is 12.0. The van der Waals surface area contributed by atoms with Crippen LogP contribution in [0.3, 0.4) is 0 Å². The van der Waals surface area contributed by atoms with Crippen LogP contribution in [0, 0.1) is 0 Å². The Hall–Kier alpha value is -3.22. The Bertz CT molecular complexity index is 1200. The molecule has 0 atom stereocenters. The van der Waals surface area contributed by atoms with Crippen LogP contribution in [-0.2, 0) is 0 Å². The van der Waals surface area contributed by atoms with Gasteiger partial charge in [-0.05, 0) is 75.4 Å². The van der Waals surface area contributed by atoms with Crippen LogP contribution in [0.25, 0.3) is 21.3 Å². The van der Waals surface area contributed by atoms with Gasteiger partial charge in [0.1, 0.15) is 5.75 Å². The molecule has 1 heterocycles. The van der Waals surface area contributed by atoms with Crippen LogP contribution < -0.4 is 9.64 Å². The zero-order valence-electron chi connectivity index (χ0n) is 19.3. The lowest BCUT2D eigenvalue weighted by atomic mass is 10.0. The lowest BCUT2D eigenvalue weighted by Gasteiger charge is -2.21. The van der Waals surface area contributed by atoms with Gasteiger partial charge >= 0.3 is 0 Å². The van der Waals surface area contributed by atoms with Gasteiger partial charge in [0, 0.05) is 12.1 Å². The van der Waals surface area contributed by atoms with E-state index in [0.717, 1.165) is 45.2 Å². The minimum absolute atomic E-state index is 0.0301. The lowest BCUT2D eigenvalue weighted by molar-refractivity contribution is 0.0986. The highest BCUT2D eigenvalue weighted by Gasteiger charge is 2.21. The molecule has 33 heavy (non-hydrogen) atoms. The van der Waals surface area contributed by atoms with Crippen molar-refractivity contribution in [2.75, 3.05) is 38.7 Å². The van der Waals surface area contributed by atoms with Gasteiger partial charge in [0.2, 0.25) is 0 Å². The lowest BCUT2D eigenvalue weighted by Crippen LogP contribution is -2.33. The monoisotopic (exact) mass is 459 g/mol. The molecule has 0 aliphatic rings. The molecule has 5 nitrogen and oxygen atoms in total. The number of hydrogen-bond donors (Lipinski definition) is 0. The van der Waals surface area contributed by atoms with E-state index in [1.807, 2.05) is 86.6 Å². The van der Waals surface area contributed by atoms with Crippen LogP contribution in [0.5, 0.6) is 5.75 Å². The quantitative estimate of drug-likeness (QED) is 0.310. The molecule has 170 valence electrons. The van der Waals surface area contributed by atoms with Gasteiger partial charge in [0.25, 0.3) is 5.91 Å². The minimum atomic E-state index is -0.0301. The van der Waals surface area contributed by atoms with Crippen molar-refractivity contribution in [3.05, 3.63) is 78.4 Å². The molecule has 4 rings (SSSR count). The highest BCUT2D eigenvalue weighted by atomic mass is 32.1. The third-order valence-electron chi connectivity index (χ3n) is 5.36. The number of fused-ring (bicyclic) bond motifs is 1. The van der Waals surface area contributed by atoms with E-state index < -0.39 is 0 Å². The Kier molecular flexibility index (Phi) is 7.37. The van der Waals surface area contributed by atoms with Crippen molar-refractivity contribution < 1.29 is 9.53 Å². The molecule has 0 saturated carbocycles. The standard InChI is InChI=1S/C27H29N3O2S/c1-4-32-23-15-16-24-25(19-23)33-27(28-24)30(18-8-17-29(2)3)26(31)22-13-11-21(12-14-22)20-9-6-5-7-10-20/h5-7,9-16,19H,4,8,17-18H2,1-3H3. The number of benzene rings is 3. The van der Waals surface area contributed by atoms with Crippen molar-refractivity contribution in [1.29, 1.82) is 0 Å². The Morgan fingerprint density at radius 3 is 2.36 bits per heavy atom. The van der Waals surface area contributed by atoms with Crippen molar-refractivity contribution in [3.8, 4) is 16.9 Å². The second-order valence-electron chi connectivity index (χ2n) is 8.12. The summed E-state index contributed by atoms with van der Waals surface area (Å²) in [4.78, 5) is 22.3. The largest absolute Gasteiger partial charge is 0.494 e. The van der Waals surface area contributed by atoms with E-state index in [9.17, 15) is 4.79 Å². The Morgan fingerprint density at radius 1 is 0.939 bits per heavy atom. The third-order valence-corrected chi connectivity index (χ3v) is 6.40. The fraction of sp³-hybridized carbons (Fsp3) is 0.259. The van der Waals surface area contributed by atoms with E-state index in [1.165, 1.54) is 11.3 Å². The number of rotatable bonds is 9. The van der Waals surface area contributed by atoms with Crippen LogP contribution in [0.15, 0.2) is 72.8 Å². The van der Waals surface area contributed by atoms with E-state index in [4.69, 9.17) is 9.72 Å². The van der Waals surface area contributed by atoms with Crippen LogP contribution in [-0.4, -0.2) is 49.6 Å². The van der Waals surface area contributed by atoms with Crippen molar-refractivity contribution in [3.63, 3.8) is 0 Å². The van der Waals surface area contributed by atoms with Gasteiger partial charge in [0.15, 0.2) is 5.13 Å². The first kappa shape index (κ1) is 23.0. The van der Waals surface area contributed by atoms with Crippen molar-refractivity contribution in [2.24, 2.45) is 0 Å². The normalized spacial score (nSPS) is 11.2. The van der Waals surface area contributed by atoms with E-state index >= 15 is 0 Å². The molecule has 0 spiro atoms. The smallest absolute Gasteiger partial charge is 0.260 e. The summed E-state index contributed by atoms with van der Waals surface area (Å²) < 4.78 is 6.65. The van der Waals surface area contributed by atoms with Gasteiger partial charge in [-0.3, -0.25) is 9.69 Å². The number of aromatic nitrogens is 1. The summed E-state index contributed by atoms with van der Waals surface area (Å²) in [6, 6.07) is 23.9. The van der Waals surface area contributed by atoms with Crippen LogP contribution in [0.4, 0.5) is 5.13 Å². The van der Waals surface area contributed by atoms with Crippen molar-refractivity contribution >= 4 is 32.6 Å². The number of hydrogen-bond acceptors (Lipinski definition) is 5. The summed E-state index contributed by atoms with van der Waals surface area (Å²) in [6.07, 6.45) is 0.862. The Balaban J connectivity index is 1.62. The summed E-state index contributed by atoms with van der Waals surface area (Å²) in [6.45, 7) is 4.09. The number of carbonyl (C=O) groups excluding carboxylic acids is 1. The van der Waals surface area contributed by atoms with E-state index in [2.05, 4.69) is 17.0 Å². The molecular formula is C27H29N3O2S. The number of nitrogens with zero attached hydrogens (tertiary/aromatic N) is 3. The number of anilines is 1. The topological polar surface area (TPSA) is 45.7 Å². The number of thiazole rings is 1. The zero-order chi connectivity index (χ0) is 23.2. The van der Waals surface area contributed by atoms with Gasteiger partial charge < -0.3 is 9.64 Å². The Labute approximate surface area is 199 Å². The Morgan fingerprint density at radius 2 is 1.67 bits per heavy atom. The van der Waals surface area contributed by atoms with Crippen molar-refractivity contribution in [2.45, 2.75) is 13.3 Å². The molecular weight excluding hydrogens is 430 g/mol. The summed E-state index contributed by atoms with van der Waals surface area (Å²) in [5.74, 6) is 0.791. The molecule has 3 aromatic carbocycles. The summed E-state index contributed by atoms with van der Waals surface area (Å²) >= 11 is 1.53. The third kappa shape index (κ3) is 5.59. The maximum atomic E-state index is 13.6. The van der Waals surface area contributed by atoms with E-state index in [-0.39, 0.29) is 5.91 Å². The zero-order valence-corrected chi connectivity index (χ0v) is 20.1. The second-order valence-corrected chi connectivity index (χ2v) is 9.13. The highest BCUT2D eigenvalue weighted by molar-refractivity contribution is 7.22. The number of ether oxygens (including phenoxy) is 1. The van der Waals surface area contributed by atoms with Crippen molar-refractivity contribution in [1.82, 2.24) is 9.88 Å². The van der Waals surface area contributed by atoms with Gasteiger partial charge in [-0.2, -0.15) is 0 Å². The molecule has 0 radical (unpaired) electrons. The van der Waals surface area contributed by atoms with E-state index in [1.54, 1.807) is 0 Å².